The first-order valence-electron chi connectivity index (χ1n) is 6.79. The third-order valence-corrected chi connectivity index (χ3v) is 1.93. The summed E-state index contributed by atoms with van der Waals surface area (Å²) in [6.07, 6.45) is 0. The Balaban J connectivity index is 0.000000317. The molecule has 3 amide bonds. The van der Waals surface area contributed by atoms with Crippen molar-refractivity contribution in [3.63, 3.8) is 0 Å². The lowest BCUT2D eigenvalue weighted by Gasteiger charge is -2.11. The number of imide groups is 1. The van der Waals surface area contributed by atoms with E-state index in [0.717, 1.165) is 5.92 Å². The number of amides is 3. The fourth-order valence-electron chi connectivity index (χ4n) is 1.03. The van der Waals surface area contributed by atoms with Crippen LogP contribution in [0.5, 0.6) is 0 Å². The molecule has 0 atom stereocenters. The van der Waals surface area contributed by atoms with E-state index >= 15 is 0 Å². The van der Waals surface area contributed by atoms with Crippen LogP contribution < -0.4 is 16.2 Å². The highest BCUT2D eigenvalue weighted by Gasteiger charge is 2.18. The second-order valence-electron chi connectivity index (χ2n) is 6.29. The molecule has 1 fully saturated rings. The summed E-state index contributed by atoms with van der Waals surface area (Å²) in [5.74, 6) is 1.27. The zero-order valence-corrected chi connectivity index (χ0v) is 13.5. The standard InChI is InChI=1S/C7H11NO2.C4H10.C3H4N2O2/c1-7(2,3)5-4-6(9)8-10-5;1-4(2)3;6-2-1-4-3(7)5-2/h4H,1-3H3,(H,8,9);4H,1-3H3;1H2,(H2,4,5,6,7). The number of hydrogen-bond acceptors (Lipinski definition) is 4. The molecule has 1 saturated heterocycles. The molecule has 1 aliphatic rings. The van der Waals surface area contributed by atoms with Crippen LogP contribution in [0.3, 0.4) is 0 Å². The van der Waals surface area contributed by atoms with Gasteiger partial charge in [0.15, 0.2) is 0 Å². The van der Waals surface area contributed by atoms with Crippen LogP contribution in [-0.4, -0.2) is 23.6 Å². The molecular weight excluding hydrogens is 274 g/mol. The van der Waals surface area contributed by atoms with E-state index in [0.29, 0.717) is 5.76 Å². The minimum Gasteiger partial charge on any atom is -0.383 e. The Morgan fingerprint density at radius 3 is 1.81 bits per heavy atom. The Morgan fingerprint density at radius 2 is 1.67 bits per heavy atom. The van der Waals surface area contributed by atoms with Crippen LogP contribution in [-0.2, 0) is 10.2 Å². The number of urea groups is 1. The number of carbonyl (C=O) groups excluding carboxylic acids is 2. The van der Waals surface area contributed by atoms with Crippen LogP contribution in [0.15, 0.2) is 15.4 Å². The van der Waals surface area contributed by atoms with Gasteiger partial charge in [-0.3, -0.25) is 14.9 Å². The Hall–Kier alpha value is -2.05. The number of H-pyrrole nitrogens is 1. The second kappa shape index (κ2) is 8.28. The van der Waals surface area contributed by atoms with Gasteiger partial charge in [-0.15, -0.1) is 0 Å². The van der Waals surface area contributed by atoms with Gasteiger partial charge in [-0.2, -0.15) is 5.16 Å². The van der Waals surface area contributed by atoms with Crippen LogP contribution in [0.1, 0.15) is 47.3 Å². The summed E-state index contributed by atoms with van der Waals surface area (Å²) in [7, 11) is 0. The molecule has 7 heteroatoms. The monoisotopic (exact) mass is 299 g/mol. The lowest BCUT2D eigenvalue weighted by atomic mass is 9.94. The van der Waals surface area contributed by atoms with Gasteiger partial charge in [0, 0.05) is 11.5 Å². The summed E-state index contributed by atoms with van der Waals surface area (Å²) < 4.78 is 4.89. The predicted molar refractivity (Wildman–Crippen MR) is 80.1 cm³/mol. The molecule has 0 unspecified atom stereocenters. The molecule has 0 aliphatic carbocycles. The zero-order valence-electron chi connectivity index (χ0n) is 13.5. The number of nitrogens with one attached hydrogen (secondary N) is 3. The minimum absolute atomic E-state index is 0.0842. The molecule has 1 aliphatic heterocycles. The maximum atomic E-state index is 10.6. The van der Waals surface area contributed by atoms with Crippen molar-refractivity contribution in [1.29, 1.82) is 0 Å². The average Bonchev–Trinajstić information content (AvgIpc) is 2.87. The van der Waals surface area contributed by atoms with E-state index in [1.807, 2.05) is 26.1 Å². The number of aromatic amines is 1. The molecule has 0 radical (unpaired) electrons. The Kier molecular flexibility index (Phi) is 7.48. The molecular formula is C14H25N3O4. The van der Waals surface area contributed by atoms with Crippen LogP contribution in [0.4, 0.5) is 4.79 Å². The molecule has 2 rings (SSSR count). The average molecular weight is 299 g/mol. The molecule has 21 heavy (non-hydrogen) atoms. The van der Waals surface area contributed by atoms with Crippen molar-refractivity contribution in [2.75, 3.05) is 6.54 Å². The van der Waals surface area contributed by atoms with Crippen LogP contribution in [0, 0.1) is 5.92 Å². The van der Waals surface area contributed by atoms with Gasteiger partial charge in [-0.05, 0) is 5.92 Å². The second-order valence-corrected chi connectivity index (χ2v) is 6.29. The van der Waals surface area contributed by atoms with Crippen molar-refractivity contribution < 1.29 is 14.1 Å². The lowest BCUT2D eigenvalue weighted by molar-refractivity contribution is -0.117. The number of aromatic nitrogens is 1. The van der Waals surface area contributed by atoms with Gasteiger partial charge in [0.2, 0.25) is 5.91 Å². The summed E-state index contributed by atoms with van der Waals surface area (Å²) in [6, 6.07) is 1.07. The largest absolute Gasteiger partial charge is 0.383 e. The van der Waals surface area contributed by atoms with E-state index in [-0.39, 0.29) is 23.4 Å². The molecule has 1 aromatic rings. The summed E-state index contributed by atoms with van der Waals surface area (Å²) in [5.41, 5.74) is -0.260. The van der Waals surface area contributed by atoms with Crippen molar-refractivity contribution in [3.8, 4) is 0 Å². The first-order valence-corrected chi connectivity index (χ1v) is 6.79. The first kappa shape index (κ1) is 18.9. The van der Waals surface area contributed by atoms with E-state index < -0.39 is 6.03 Å². The first-order chi connectivity index (χ1) is 9.52. The van der Waals surface area contributed by atoms with Crippen LogP contribution >= 0.6 is 0 Å². The van der Waals surface area contributed by atoms with Gasteiger partial charge < -0.3 is 9.84 Å². The molecule has 2 heterocycles. The number of hydrogen-bond donors (Lipinski definition) is 3. The summed E-state index contributed by atoms with van der Waals surface area (Å²) in [5, 5.41) is 6.54. The van der Waals surface area contributed by atoms with Crippen LogP contribution in [0.25, 0.3) is 0 Å². The van der Waals surface area contributed by atoms with Crippen molar-refractivity contribution in [1.82, 2.24) is 15.8 Å². The van der Waals surface area contributed by atoms with Crippen molar-refractivity contribution in [3.05, 3.63) is 22.2 Å². The maximum Gasteiger partial charge on any atom is 0.321 e. The molecule has 0 saturated carbocycles. The van der Waals surface area contributed by atoms with Crippen molar-refractivity contribution in [2.45, 2.75) is 47.0 Å². The highest BCUT2D eigenvalue weighted by atomic mass is 16.5. The summed E-state index contributed by atoms with van der Waals surface area (Å²) in [6.45, 7) is 12.6. The Morgan fingerprint density at radius 1 is 1.14 bits per heavy atom. The zero-order chi connectivity index (χ0) is 16.6. The fourth-order valence-corrected chi connectivity index (χ4v) is 1.03. The topological polar surface area (TPSA) is 104 Å². The quantitative estimate of drug-likeness (QED) is 0.635. The van der Waals surface area contributed by atoms with Gasteiger partial charge in [0.25, 0.3) is 5.56 Å². The third kappa shape index (κ3) is 9.48. The van der Waals surface area contributed by atoms with Gasteiger partial charge >= 0.3 is 6.03 Å². The van der Waals surface area contributed by atoms with E-state index in [1.165, 1.54) is 6.07 Å². The fraction of sp³-hybridized carbons (Fsp3) is 0.643. The SMILES string of the molecule is CC(C)(C)c1cc(=O)[nH]o1.CC(C)C.O=C1CNC(=O)N1. The molecule has 0 spiro atoms. The van der Waals surface area contributed by atoms with Crippen molar-refractivity contribution in [2.24, 2.45) is 5.92 Å². The molecule has 0 bridgehead atoms. The summed E-state index contributed by atoms with van der Waals surface area (Å²) >= 11 is 0. The predicted octanol–water partition coefficient (Wildman–Crippen LogP) is 1.75. The number of rotatable bonds is 0. The smallest absolute Gasteiger partial charge is 0.321 e. The van der Waals surface area contributed by atoms with Crippen molar-refractivity contribution >= 4 is 11.9 Å². The maximum absolute atomic E-state index is 10.6. The number of carbonyl (C=O) groups is 2. The molecule has 3 N–H and O–H groups in total. The van der Waals surface area contributed by atoms with Gasteiger partial charge in [-0.25, -0.2) is 4.79 Å². The molecule has 1 aromatic heterocycles. The third-order valence-electron chi connectivity index (χ3n) is 1.93. The van der Waals surface area contributed by atoms with Gasteiger partial charge in [0.1, 0.15) is 5.76 Å². The van der Waals surface area contributed by atoms with Crippen LogP contribution in [0.2, 0.25) is 0 Å². The Bertz CT molecular complexity index is 492. The highest BCUT2D eigenvalue weighted by molar-refractivity contribution is 6.01. The normalized spacial score (nSPS) is 13.7. The van der Waals surface area contributed by atoms with E-state index in [1.54, 1.807) is 0 Å². The lowest BCUT2D eigenvalue weighted by Crippen LogP contribution is -2.22. The highest BCUT2D eigenvalue weighted by Crippen LogP contribution is 2.19. The minimum atomic E-state index is -0.398. The Labute approximate surface area is 124 Å². The molecule has 0 aromatic carbocycles. The molecule has 120 valence electrons. The van der Waals surface area contributed by atoms with E-state index in [2.05, 4.69) is 31.2 Å². The van der Waals surface area contributed by atoms with Gasteiger partial charge in [0.05, 0.1) is 6.54 Å². The summed E-state index contributed by atoms with van der Waals surface area (Å²) in [4.78, 5) is 30.7. The van der Waals surface area contributed by atoms with Gasteiger partial charge in [-0.1, -0.05) is 41.5 Å². The van der Waals surface area contributed by atoms with E-state index in [4.69, 9.17) is 4.52 Å². The molecule has 7 nitrogen and oxygen atoms in total. The van der Waals surface area contributed by atoms with E-state index in [9.17, 15) is 14.4 Å².